The van der Waals surface area contributed by atoms with E-state index in [4.69, 9.17) is 13.6 Å². The molecule has 0 aliphatic carbocycles. The smallest absolute Gasteiger partial charge is 0.373 e. The number of methoxy groups -OCH3 is 1. The average molecular weight is 379 g/mol. The second-order valence-corrected chi connectivity index (χ2v) is 7.03. The first kappa shape index (κ1) is 18.0. The average Bonchev–Trinajstić information content (AvgIpc) is 3.40. The highest BCUT2D eigenvalue weighted by Gasteiger charge is 2.19. The van der Waals surface area contributed by atoms with Crippen LogP contribution in [0.1, 0.15) is 36.1 Å². The molecule has 3 aromatic heterocycles. The Morgan fingerprint density at radius 2 is 1.96 bits per heavy atom. The summed E-state index contributed by atoms with van der Waals surface area (Å²) in [4.78, 5) is 11.7. The normalized spacial score (nSPS) is 11.4. The first-order chi connectivity index (χ1) is 13.5. The molecule has 28 heavy (non-hydrogen) atoms. The molecule has 0 aliphatic rings. The monoisotopic (exact) mass is 379 g/mol. The van der Waals surface area contributed by atoms with Crippen LogP contribution >= 0.6 is 0 Å². The van der Waals surface area contributed by atoms with E-state index in [0.717, 1.165) is 23.0 Å². The predicted molar refractivity (Wildman–Crippen MR) is 103 cm³/mol. The Morgan fingerprint density at radius 3 is 2.75 bits per heavy atom. The number of rotatable bonds is 6. The van der Waals surface area contributed by atoms with E-state index in [1.807, 2.05) is 34.9 Å². The number of carbonyl (C=O) groups is 1. The number of furan rings is 1. The molecule has 0 saturated carbocycles. The molecule has 3 heterocycles. The maximum Gasteiger partial charge on any atom is 0.373 e. The third kappa shape index (κ3) is 3.43. The fourth-order valence-electron chi connectivity index (χ4n) is 3.18. The standard InChI is InChI=1S/C21H21N3O4/c1-13(2)10-19-22-23-20(28-19)17-11-14-6-4-5-7-16(14)24(17)12-15-8-9-18(27-15)21(25)26-3/h4-9,11,13H,10,12H2,1-3H3. The molecule has 0 radical (unpaired) electrons. The molecule has 0 saturated heterocycles. The minimum Gasteiger partial charge on any atom is -0.463 e. The largest absolute Gasteiger partial charge is 0.463 e. The van der Waals surface area contributed by atoms with Gasteiger partial charge in [-0.2, -0.15) is 0 Å². The molecule has 1 aromatic carbocycles. The number of ether oxygens (including phenoxy) is 1. The summed E-state index contributed by atoms with van der Waals surface area (Å²) in [5.41, 5.74) is 1.82. The molecule has 0 fully saturated rings. The third-order valence-corrected chi connectivity index (χ3v) is 4.44. The second-order valence-electron chi connectivity index (χ2n) is 7.03. The molecular formula is C21H21N3O4. The van der Waals surface area contributed by atoms with Crippen LogP contribution in [0.15, 0.2) is 51.3 Å². The van der Waals surface area contributed by atoms with E-state index in [9.17, 15) is 4.79 Å². The lowest BCUT2D eigenvalue weighted by Crippen LogP contribution is -2.02. The lowest BCUT2D eigenvalue weighted by atomic mass is 10.1. The van der Waals surface area contributed by atoms with Crippen molar-refractivity contribution in [3.05, 3.63) is 59.9 Å². The van der Waals surface area contributed by atoms with Crippen molar-refractivity contribution < 1.29 is 18.4 Å². The molecule has 0 aliphatic heterocycles. The zero-order valence-electron chi connectivity index (χ0n) is 16.0. The maximum atomic E-state index is 11.7. The molecule has 0 unspecified atom stereocenters. The zero-order valence-corrected chi connectivity index (χ0v) is 16.0. The zero-order chi connectivity index (χ0) is 19.7. The highest BCUT2D eigenvalue weighted by Crippen LogP contribution is 2.29. The lowest BCUT2D eigenvalue weighted by Gasteiger charge is -2.07. The van der Waals surface area contributed by atoms with Gasteiger partial charge >= 0.3 is 5.97 Å². The Kier molecular flexibility index (Phi) is 4.73. The molecule has 7 heteroatoms. The SMILES string of the molecule is COC(=O)c1ccc(Cn2c(-c3nnc(CC(C)C)o3)cc3ccccc32)o1. The summed E-state index contributed by atoms with van der Waals surface area (Å²) >= 11 is 0. The van der Waals surface area contributed by atoms with Gasteiger partial charge in [0, 0.05) is 17.3 Å². The summed E-state index contributed by atoms with van der Waals surface area (Å²) in [7, 11) is 1.33. The van der Waals surface area contributed by atoms with Crippen LogP contribution in [0.3, 0.4) is 0 Å². The molecular weight excluding hydrogens is 358 g/mol. The fraction of sp³-hybridized carbons (Fsp3) is 0.286. The summed E-state index contributed by atoms with van der Waals surface area (Å²) in [6.07, 6.45) is 0.730. The van der Waals surface area contributed by atoms with E-state index in [1.54, 1.807) is 12.1 Å². The number of aromatic nitrogens is 3. The minimum absolute atomic E-state index is 0.174. The van der Waals surface area contributed by atoms with Gasteiger partial charge in [0.15, 0.2) is 0 Å². The molecule has 0 N–H and O–H groups in total. The first-order valence-corrected chi connectivity index (χ1v) is 9.13. The van der Waals surface area contributed by atoms with Gasteiger partial charge in [0.05, 0.1) is 13.7 Å². The topological polar surface area (TPSA) is 83.3 Å². The fourth-order valence-corrected chi connectivity index (χ4v) is 3.18. The molecule has 7 nitrogen and oxygen atoms in total. The minimum atomic E-state index is -0.501. The van der Waals surface area contributed by atoms with Crippen LogP contribution in [0, 0.1) is 5.92 Å². The van der Waals surface area contributed by atoms with Gasteiger partial charge in [-0.25, -0.2) is 4.79 Å². The summed E-state index contributed by atoms with van der Waals surface area (Å²) in [5, 5.41) is 9.47. The van der Waals surface area contributed by atoms with Crippen LogP contribution < -0.4 is 0 Å². The highest BCUT2D eigenvalue weighted by molar-refractivity contribution is 5.86. The van der Waals surface area contributed by atoms with Gasteiger partial charge in [0.2, 0.25) is 11.7 Å². The van der Waals surface area contributed by atoms with Crippen molar-refractivity contribution in [2.24, 2.45) is 5.92 Å². The quantitative estimate of drug-likeness (QED) is 0.464. The van der Waals surface area contributed by atoms with Gasteiger partial charge in [-0.1, -0.05) is 32.0 Å². The van der Waals surface area contributed by atoms with Crippen molar-refractivity contribution in [2.45, 2.75) is 26.8 Å². The van der Waals surface area contributed by atoms with Gasteiger partial charge in [-0.3, -0.25) is 0 Å². The van der Waals surface area contributed by atoms with Crippen LogP contribution in [0.2, 0.25) is 0 Å². The van der Waals surface area contributed by atoms with Crippen LogP contribution in [-0.2, 0) is 17.7 Å². The van der Waals surface area contributed by atoms with Gasteiger partial charge in [-0.15, -0.1) is 10.2 Å². The number of hydrogen-bond acceptors (Lipinski definition) is 6. The molecule has 0 bridgehead atoms. The molecule has 0 spiro atoms. The van der Waals surface area contributed by atoms with Gasteiger partial charge < -0.3 is 18.1 Å². The Balaban J connectivity index is 1.74. The lowest BCUT2D eigenvalue weighted by molar-refractivity contribution is 0.0563. The van der Waals surface area contributed by atoms with E-state index in [0.29, 0.717) is 30.0 Å². The summed E-state index contributed by atoms with van der Waals surface area (Å²) < 4.78 is 18.3. The number of esters is 1. The number of para-hydroxylation sites is 1. The Bertz CT molecular complexity index is 1120. The number of carbonyl (C=O) groups excluding carboxylic acids is 1. The predicted octanol–water partition coefficient (Wildman–Crippen LogP) is 4.32. The number of nitrogens with zero attached hydrogens (tertiary/aromatic N) is 3. The first-order valence-electron chi connectivity index (χ1n) is 9.13. The highest BCUT2D eigenvalue weighted by atomic mass is 16.5. The molecule has 4 rings (SSSR count). The van der Waals surface area contributed by atoms with E-state index < -0.39 is 5.97 Å². The van der Waals surface area contributed by atoms with E-state index in [-0.39, 0.29) is 5.76 Å². The summed E-state index contributed by atoms with van der Waals surface area (Å²) in [6, 6.07) is 13.4. The van der Waals surface area contributed by atoms with Gasteiger partial charge in [-0.05, 0) is 30.2 Å². The third-order valence-electron chi connectivity index (χ3n) is 4.44. The Labute approximate surface area is 161 Å². The van der Waals surface area contributed by atoms with Crippen LogP contribution in [-0.4, -0.2) is 27.8 Å². The van der Waals surface area contributed by atoms with Crippen molar-refractivity contribution >= 4 is 16.9 Å². The second kappa shape index (κ2) is 7.34. The number of benzene rings is 1. The summed E-state index contributed by atoms with van der Waals surface area (Å²) in [6.45, 7) is 4.63. The van der Waals surface area contributed by atoms with Gasteiger partial charge in [0.1, 0.15) is 11.5 Å². The summed E-state index contributed by atoms with van der Waals surface area (Å²) in [5.74, 6) is 1.81. The van der Waals surface area contributed by atoms with Crippen molar-refractivity contribution in [2.75, 3.05) is 7.11 Å². The Morgan fingerprint density at radius 1 is 1.14 bits per heavy atom. The van der Waals surface area contributed by atoms with Crippen LogP contribution in [0.4, 0.5) is 0 Å². The van der Waals surface area contributed by atoms with Gasteiger partial charge in [0.25, 0.3) is 5.89 Å². The van der Waals surface area contributed by atoms with E-state index >= 15 is 0 Å². The number of fused-ring (bicyclic) bond motifs is 1. The van der Waals surface area contributed by atoms with Crippen LogP contribution in [0.5, 0.6) is 0 Å². The molecule has 0 atom stereocenters. The Hall–Kier alpha value is -3.35. The molecule has 4 aromatic rings. The maximum absolute atomic E-state index is 11.7. The van der Waals surface area contributed by atoms with Crippen molar-refractivity contribution in [1.82, 2.24) is 14.8 Å². The van der Waals surface area contributed by atoms with E-state index in [2.05, 4.69) is 24.0 Å². The molecule has 144 valence electrons. The van der Waals surface area contributed by atoms with Crippen molar-refractivity contribution in [3.63, 3.8) is 0 Å². The number of hydrogen-bond donors (Lipinski definition) is 0. The van der Waals surface area contributed by atoms with Crippen molar-refractivity contribution in [3.8, 4) is 11.6 Å². The molecule has 0 amide bonds. The van der Waals surface area contributed by atoms with Crippen LogP contribution in [0.25, 0.3) is 22.5 Å². The van der Waals surface area contributed by atoms with E-state index in [1.165, 1.54) is 7.11 Å². The van der Waals surface area contributed by atoms with Crippen molar-refractivity contribution in [1.29, 1.82) is 0 Å².